The van der Waals surface area contributed by atoms with E-state index in [4.69, 9.17) is 9.84 Å². The predicted molar refractivity (Wildman–Crippen MR) is 51.3 cm³/mol. The molecule has 0 aliphatic heterocycles. The number of ether oxygens (including phenoxy) is 1. The van der Waals surface area contributed by atoms with E-state index >= 15 is 0 Å². The van der Waals surface area contributed by atoms with E-state index in [1.807, 2.05) is 6.92 Å². The summed E-state index contributed by atoms with van der Waals surface area (Å²) in [5.41, 5.74) is 0. The Kier molecular flexibility index (Phi) is 28.7. The largest absolute Gasteiger partial charge is 1.00 e. The number of hydrogen-bond acceptors (Lipinski definition) is 3. The topological polar surface area (TPSA) is 49.4 Å². The van der Waals surface area contributed by atoms with Crippen LogP contribution in [0.3, 0.4) is 0 Å². The van der Waals surface area contributed by atoms with Gasteiger partial charge in [0.15, 0.2) is 0 Å². The Hall–Kier alpha value is 1.07. The Bertz CT molecular complexity index is 108. The van der Waals surface area contributed by atoms with Gasteiger partial charge in [0, 0.05) is 6.42 Å². The van der Waals surface area contributed by atoms with Crippen molar-refractivity contribution < 1.29 is 66.0 Å². The molecule has 0 aromatic heterocycles. The van der Waals surface area contributed by atoms with Gasteiger partial charge in [-0.1, -0.05) is 26.7 Å². The number of rotatable bonds is 5. The molecule has 0 aliphatic carbocycles. The number of carbonyl (C=O) groups excluding carboxylic acids is 1. The van der Waals surface area contributed by atoms with Gasteiger partial charge in [-0.3, -0.25) is 4.79 Å². The average molecular weight is 228 g/mol. The van der Waals surface area contributed by atoms with Gasteiger partial charge in [0.2, 0.25) is 0 Å². The van der Waals surface area contributed by atoms with Crippen molar-refractivity contribution in [3.63, 3.8) is 0 Å². The molecular formula is C10H21KO3. The van der Waals surface area contributed by atoms with Gasteiger partial charge in [-0.15, -0.1) is 6.61 Å². The maximum absolute atomic E-state index is 10.7. The molecule has 0 amide bonds. The zero-order valence-corrected chi connectivity index (χ0v) is 13.1. The van der Waals surface area contributed by atoms with Crippen LogP contribution >= 0.6 is 0 Å². The van der Waals surface area contributed by atoms with Crippen LogP contribution in [0.2, 0.25) is 0 Å². The Morgan fingerprint density at radius 3 is 2.07 bits per heavy atom. The van der Waals surface area contributed by atoms with Crippen molar-refractivity contribution in [2.24, 2.45) is 0 Å². The molecule has 0 heterocycles. The summed E-state index contributed by atoms with van der Waals surface area (Å²) in [5, 5.41) is 8.93. The first-order chi connectivity index (χ1) is 6.22. The molecule has 4 heteroatoms. The second-order valence-electron chi connectivity index (χ2n) is 2.55. The van der Waals surface area contributed by atoms with E-state index in [-0.39, 0.29) is 64.0 Å². The quantitative estimate of drug-likeness (QED) is 0.327. The Balaban J connectivity index is -0.000000267. The fourth-order valence-corrected chi connectivity index (χ4v) is 0.752. The molecule has 0 radical (unpaired) electrons. The molecule has 0 aliphatic rings. The molecule has 0 aromatic carbocycles. The van der Waals surface area contributed by atoms with Crippen molar-refractivity contribution in [1.29, 1.82) is 0 Å². The van der Waals surface area contributed by atoms with Crippen LogP contribution in [-0.4, -0.2) is 19.2 Å². The monoisotopic (exact) mass is 228 g/mol. The summed E-state index contributed by atoms with van der Waals surface area (Å²) >= 11 is 0. The van der Waals surface area contributed by atoms with Crippen LogP contribution < -0.4 is 56.5 Å². The molecule has 0 fully saturated rings. The maximum Gasteiger partial charge on any atom is 1.00 e. The van der Waals surface area contributed by atoms with Crippen molar-refractivity contribution in [2.75, 3.05) is 13.2 Å². The van der Waals surface area contributed by atoms with Gasteiger partial charge < -0.3 is 9.84 Å². The molecule has 0 atom stereocenters. The number of esters is 1. The standard InChI is InChI=1S/C8H16O2.C2H5O.K/c1-3-5-6-7-8(9)10-4-2;1-2-3;/h3-7H2,1-2H3;2H2,1H3;/q;-1;+1. The molecule has 0 saturated heterocycles. The van der Waals surface area contributed by atoms with Crippen molar-refractivity contribution >= 4 is 5.97 Å². The summed E-state index contributed by atoms with van der Waals surface area (Å²) in [5.74, 6) is -0.0593. The van der Waals surface area contributed by atoms with Gasteiger partial charge in [-0.05, 0) is 13.3 Å². The third-order valence-corrected chi connectivity index (χ3v) is 1.29. The zero-order chi connectivity index (χ0) is 10.5. The Morgan fingerprint density at radius 1 is 1.21 bits per heavy atom. The summed E-state index contributed by atoms with van der Waals surface area (Å²) < 4.78 is 4.75. The van der Waals surface area contributed by atoms with Gasteiger partial charge in [0.25, 0.3) is 0 Å². The van der Waals surface area contributed by atoms with E-state index in [0.717, 1.165) is 19.3 Å². The molecule has 80 valence electrons. The van der Waals surface area contributed by atoms with Gasteiger partial charge in [0.05, 0.1) is 6.61 Å². The number of hydrogen-bond donors (Lipinski definition) is 0. The van der Waals surface area contributed by atoms with Crippen molar-refractivity contribution in [3.8, 4) is 0 Å². The molecule has 0 bridgehead atoms. The van der Waals surface area contributed by atoms with Crippen LogP contribution in [0.15, 0.2) is 0 Å². The van der Waals surface area contributed by atoms with Gasteiger partial charge in [0.1, 0.15) is 0 Å². The van der Waals surface area contributed by atoms with E-state index in [1.54, 1.807) is 6.92 Å². The summed E-state index contributed by atoms with van der Waals surface area (Å²) in [6.07, 6.45) is 3.83. The van der Waals surface area contributed by atoms with E-state index in [0.29, 0.717) is 13.0 Å². The SMILES string of the molecule is CCCCCC(=O)OCC.CC[O-].[K+]. The normalized spacial score (nSPS) is 8.00. The van der Waals surface area contributed by atoms with E-state index in [1.165, 1.54) is 0 Å². The van der Waals surface area contributed by atoms with Gasteiger partial charge >= 0.3 is 57.4 Å². The van der Waals surface area contributed by atoms with Gasteiger partial charge in [-0.2, -0.15) is 0 Å². The van der Waals surface area contributed by atoms with Crippen molar-refractivity contribution in [3.05, 3.63) is 0 Å². The fraction of sp³-hybridized carbons (Fsp3) is 0.900. The fourth-order valence-electron chi connectivity index (χ4n) is 0.752. The second kappa shape index (κ2) is 19.6. The number of carbonyl (C=O) groups is 1. The minimum Gasteiger partial charge on any atom is -0.855 e. The molecule has 0 saturated carbocycles. The van der Waals surface area contributed by atoms with Crippen LogP contribution in [-0.2, 0) is 9.53 Å². The second-order valence-corrected chi connectivity index (χ2v) is 2.55. The van der Waals surface area contributed by atoms with Crippen molar-refractivity contribution in [1.82, 2.24) is 0 Å². The van der Waals surface area contributed by atoms with Gasteiger partial charge in [-0.25, -0.2) is 0 Å². The van der Waals surface area contributed by atoms with Crippen LogP contribution in [0.4, 0.5) is 0 Å². The van der Waals surface area contributed by atoms with Crippen LogP contribution in [0.1, 0.15) is 46.5 Å². The van der Waals surface area contributed by atoms with E-state index in [2.05, 4.69) is 6.92 Å². The summed E-state index contributed by atoms with van der Waals surface area (Å²) in [6, 6.07) is 0. The molecule has 0 aromatic rings. The van der Waals surface area contributed by atoms with Crippen LogP contribution in [0.25, 0.3) is 0 Å². The molecule has 0 N–H and O–H groups in total. The van der Waals surface area contributed by atoms with E-state index in [9.17, 15) is 4.79 Å². The third-order valence-electron chi connectivity index (χ3n) is 1.29. The average Bonchev–Trinajstić information content (AvgIpc) is 2.07. The smallest absolute Gasteiger partial charge is 0.855 e. The minimum atomic E-state index is -0.0593. The maximum atomic E-state index is 10.7. The molecule has 0 rings (SSSR count). The Labute approximate surface area is 130 Å². The molecule has 0 unspecified atom stereocenters. The minimum absolute atomic E-state index is 0. The summed E-state index contributed by atoms with van der Waals surface area (Å²) in [7, 11) is 0. The molecule has 14 heavy (non-hydrogen) atoms. The first-order valence-electron chi connectivity index (χ1n) is 4.96. The first kappa shape index (κ1) is 20.5. The number of unbranched alkanes of at least 4 members (excludes halogenated alkanes) is 2. The third kappa shape index (κ3) is 23.1. The molecule has 0 spiro atoms. The van der Waals surface area contributed by atoms with Crippen molar-refractivity contribution in [2.45, 2.75) is 46.5 Å². The zero-order valence-electron chi connectivity index (χ0n) is 9.97. The van der Waals surface area contributed by atoms with E-state index < -0.39 is 0 Å². The molecular weight excluding hydrogens is 207 g/mol. The summed E-state index contributed by atoms with van der Waals surface area (Å²) in [4.78, 5) is 10.7. The van der Waals surface area contributed by atoms with Crippen LogP contribution in [0.5, 0.6) is 0 Å². The predicted octanol–water partition coefficient (Wildman–Crippen LogP) is -1.50. The molecule has 3 nitrogen and oxygen atoms in total. The van der Waals surface area contributed by atoms with Crippen LogP contribution in [0, 0.1) is 0 Å². The Morgan fingerprint density at radius 2 is 1.71 bits per heavy atom. The first-order valence-corrected chi connectivity index (χ1v) is 4.96. The summed E-state index contributed by atoms with van der Waals surface area (Å²) in [6.45, 7) is 6.02.